The summed E-state index contributed by atoms with van der Waals surface area (Å²) in [6, 6.07) is 8.83. The Labute approximate surface area is 191 Å². The van der Waals surface area contributed by atoms with Gasteiger partial charge < -0.3 is 29.4 Å². The molecule has 0 aliphatic carbocycles. The Bertz CT molecular complexity index is 712. The van der Waals surface area contributed by atoms with Gasteiger partial charge >= 0.3 is 0 Å². The van der Waals surface area contributed by atoms with E-state index in [4.69, 9.17) is 18.9 Å². The average molecular weight is 448 g/mol. The van der Waals surface area contributed by atoms with Gasteiger partial charge in [-0.1, -0.05) is 75.1 Å². The highest BCUT2D eigenvalue weighted by Crippen LogP contribution is 2.34. The first-order chi connectivity index (χ1) is 15.6. The van der Waals surface area contributed by atoms with Crippen LogP contribution in [-0.2, 0) is 23.7 Å². The van der Waals surface area contributed by atoms with E-state index < -0.39 is 36.9 Å². The zero-order chi connectivity index (χ0) is 22.8. The largest absolute Gasteiger partial charge is 0.388 e. The van der Waals surface area contributed by atoms with Gasteiger partial charge in [-0.05, 0) is 12.8 Å². The summed E-state index contributed by atoms with van der Waals surface area (Å²) < 4.78 is 23.8. The number of hydrogen-bond donors (Lipinski definition) is 2. The van der Waals surface area contributed by atoms with Crippen LogP contribution in [0.4, 0.5) is 0 Å². The van der Waals surface area contributed by atoms with Gasteiger partial charge in [-0.3, -0.25) is 4.79 Å². The molecule has 0 bridgehead atoms. The molecule has 2 fully saturated rings. The molecule has 178 valence electrons. The maximum atomic E-state index is 11.8. The van der Waals surface area contributed by atoms with Crippen molar-refractivity contribution in [3.63, 3.8) is 0 Å². The summed E-state index contributed by atoms with van der Waals surface area (Å²) >= 11 is 0. The Morgan fingerprint density at radius 3 is 2.69 bits per heavy atom. The Kier molecular flexibility index (Phi) is 10.1. The van der Waals surface area contributed by atoms with Crippen LogP contribution in [-0.4, -0.2) is 54.9 Å². The molecule has 7 nitrogen and oxygen atoms in total. The molecule has 2 N–H and O–H groups in total. The third-order valence-electron chi connectivity index (χ3n) is 5.81. The SMILES string of the molecule is CCCCCCC/C=C/CO[C@@H]1O[C@@H]2CO[C@@H](c3ccccc3)O[C@H]2[C@H](O)[C@H]1NC(C)=O. The Morgan fingerprint density at radius 2 is 1.94 bits per heavy atom. The summed E-state index contributed by atoms with van der Waals surface area (Å²) in [6.07, 6.45) is 7.85. The first-order valence-corrected chi connectivity index (χ1v) is 11.8. The van der Waals surface area contributed by atoms with Gasteiger partial charge in [-0.2, -0.15) is 0 Å². The number of allylic oxidation sites excluding steroid dienone is 1. The van der Waals surface area contributed by atoms with Crippen molar-refractivity contribution in [2.75, 3.05) is 13.2 Å². The highest BCUT2D eigenvalue weighted by molar-refractivity contribution is 5.73. The molecule has 1 aromatic rings. The van der Waals surface area contributed by atoms with E-state index in [2.05, 4.69) is 18.3 Å². The summed E-state index contributed by atoms with van der Waals surface area (Å²) in [4.78, 5) is 11.8. The van der Waals surface area contributed by atoms with Crippen LogP contribution in [0.1, 0.15) is 64.2 Å². The lowest BCUT2D eigenvalue weighted by atomic mass is 9.95. The molecule has 1 aromatic carbocycles. The molecule has 2 heterocycles. The highest BCUT2D eigenvalue weighted by Gasteiger charge is 2.50. The lowest BCUT2D eigenvalue weighted by Gasteiger charge is -2.47. The van der Waals surface area contributed by atoms with Gasteiger partial charge in [0, 0.05) is 12.5 Å². The molecule has 2 aliphatic rings. The Balaban J connectivity index is 1.53. The quantitative estimate of drug-likeness (QED) is 0.398. The van der Waals surface area contributed by atoms with Gasteiger partial charge in [0.25, 0.3) is 0 Å². The molecule has 1 amide bonds. The number of unbranched alkanes of at least 4 members (excludes halogenated alkanes) is 5. The van der Waals surface area contributed by atoms with Crippen LogP contribution in [0.3, 0.4) is 0 Å². The first kappa shape index (κ1) is 24.9. The van der Waals surface area contributed by atoms with Gasteiger partial charge in [0.2, 0.25) is 5.91 Å². The Hall–Kier alpha value is -1.77. The molecule has 2 saturated heterocycles. The minimum Gasteiger partial charge on any atom is -0.388 e. The number of benzene rings is 1. The van der Waals surface area contributed by atoms with E-state index in [9.17, 15) is 9.90 Å². The van der Waals surface area contributed by atoms with Gasteiger partial charge in [-0.15, -0.1) is 0 Å². The standard InChI is InChI=1S/C25H37NO6/c1-3-4-5-6-7-8-9-13-16-29-25-21(26-18(2)27)22(28)23-20(31-25)17-30-24(32-23)19-14-11-10-12-15-19/h9-15,20-25,28H,3-8,16-17H2,1-2H3,(H,26,27)/b13-9+/t20-,21-,22-,23-,24-,25-/m1/s1. The van der Waals surface area contributed by atoms with Crippen molar-refractivity contribution < 1.29 is 28.8 Å². The predicted molar refractivity (Wildman–Crippen MR) is 121 cm³/mol. The number of amides is 1. The van der Waals surface area contributed by atoms with Crippen LogP contribution >= 0.6 is 0 Å². The van der Waals surface area contributed by atoms with Crippen LogP contribution < -0.4 is 5.32 Å². The second-order valence-corrected chi connectivity index (χ2v) is 8.44. The first-order valence-electron chi connectivity index (χ1n) is 11.8. The van der Waals surface area contributed by atoms with Crippen molar-refractivity contribution in [2.45, 2.75) is 89.3 Å². The predicted octanol–water partition coefficient (Wildman–Crippen LogP) is 3.62. The number of carbonyl (C=O) groups excluding carboxylic acids is 1. The zero-order valence-electron chi connectivity index (χ0n) is 19.2. The number of aliphatic hydroxyl groups is 1. The molecule has 32 heavy (non-hydrogen) atoms. The van der Waals surface area contributed by atoms with Crippen molar-refractivity contribution >= 4 is 5.91 Å². The normalized spacial score (nSPS) is 30.2. The van der Waals surface area contributed by atoms with Crippen LogP contribution in [0, 0.1) is 0 Å². The minimum atomic E-state index is -0.986. The summed E-state index contributed by atoms with van der Waals surface area (Å²) in [5.74, 6) is -0.265. The van der Waals surface area contributed by atoms with E-state index in [0.717, 1.165) is 12.0 Å². The van der Waals surface area contributed by atoms with Crippen molar-refractivity contribution in [1.29, 1.82) is 0 Å². The van der Waals surface area contributed by atoms with Gasteiger partial charge in [0.1, 0.15) is 24.4 Å². The molecule has 0 spiro atoms. The zero-order valence-corrected chi connectivity index (χ0v) is 19.2. The van der Waals surface area contributed by atoms with E-state index in [1.165, 1.54) is 39.0 Å². The van der Waals surface area contributed by atoms with Crippen LogP contribution in [0.2, 0.25) is 0 Å². The monoisotopic (exact) mass is 447 g/mol. The van der Waals surface area contributed by atoms with Crippen LogP contribution in [0.5, 0.6) is 0 Å². The number of rotatable bonds is 11. The minimum absolute atomic E-state index is 0.265. The van der Waals surface area contributed by atoms with E-state index in [1.54, 1.807) is 0 Å². The van der Waals surface area contributed by atoms with Gasteiger partial charge in [0.05, 0.1) is 13.2 Å². The van der Waals surface area contributed by atoms with Crippen molar-refractivity contribution in [3.8, 4) is 0 Å². The second-order valence-electron chi connectivity index (χ2n) is 8.44. The molecule has 6 atom stereocenters. The third-order valence-corrected chi connectivity index (χ3v) is 5.81. The Morgan fingerprint density at radius 1 is 1.16 bits per heavy atom. The molecular formula is C25H37NO6. The number of hydrogen-bond acceptors (Lipinski definition) is 6. The third kappa shape index (κ3) is 7.12. The molecule has 0 unspecified atom stereocenters. The maximum absolute atomic E-state index is 11.8. The lowest BCUT2D eigenvalue weighted by molar-refractivity contribution is -0.343. The molecule has 0 radical (unpaired) electrons. The van der Waals surface area contributed by atoms with Crippen molar-refractivity contribution in [1.82, 2.24) is 5.32 Å². The summed E-state index contributed by atoms with van der Waals surface area (Å²) in [5, 5.41) is 13.8. The number of nitrogens with one attached hydrogen (secondary N) is 1. The molecule has 0 aromatic heterocycles. The van der Waals surface area contributed by atoms with Crippen LogP contribution in [0.25, 0.3) is 0 Å². The average Bonchev–Trinajstić information content (AvgIpc) is 2.80. The summed E-state index contributed by atoms with van der Waals surface area (Å²) in [6.45, 7) is 4.23. The summed E-state index contributed by atoms with van der Waals surface area (Å²) in [7, 11) is 0. The number of fused-ring (bicyclic) bond motifs is 1. The second kappa shape index (κ2) is 13.1. The molecule has 0 saturated carbocycles. The van der Waals surface area contributed by atoms with Crippen molar-refractivity contribution in [3.05, 3.63) is 48.0 Å². The van der Waals surface area contributed by atoms with E-state index >= 15 is 0 Å². The number of aliphatic hydroxyl groups excluding tert-OH is 1. The van der Waals surface area contributed by atoms with Crippen LogP contribution in [0.15, 0.2) is 42.5 Å². The van der Waals surface area contributed by atoms with E-state index in [-0.39, 0.29) is 12.5 Å². The van der Waals surface area contributed by atoms with Gasteiger partial charge in [-0.25, -0.2) is 0 Å². The molecule has 2 aliphatic heterocycles. The topological polar surface area (TPSA) is 86.2 Å². The van der Waals surface area contributed by atoms with E-state index in [1.807, 2.05) is 36.4 Å². The lowest BCUT2D eigenvalue weighted by Crippen LogP contribution is -2.66. The fourth-order valence-electron chi connectivity index (χ4n) is 4.10. The fourth-order valence-corrected chi connectivity index (χ4v) is 4.10. The number of carbonyl (C=O) groups is 1. The number of ether oxygens (including phenoxy) is 4. The summed E-state index contributed by atoms with van der Waals surface area (Å²) in [5.41, 5.74) is 0.868. The smallest absolute Gasteiger partial charge is 0.217 e. The highest BCUT2D eigenvalue weighted by atomic mass is 16.7. The molecule has 3 rings (SSSR count). The maximum Gasteiger partial charge on any atom is 0.217 e. The van der Waals surface area contributed by atoms with E-state index in [0.29, 0.717) is 6.61 Å². The fraction of sp³-hybridized carbons (Fsp3) is 0.640. The van der Waals surface area contributed by atoms with Crippen molar-refractivity contribution in [2.24, 2.45) is 0 Å². The molecular weight excluding hydrogens is 410 g/mol. The van der Waals surface area contributed by atoms with Gasteiger partial charge in [0.15, 0.2) is 12.6 Å². The molecule has 7 heteroatoms.